The van der Waals surface area contributed by atoms with Crippen molar-refractivity contribution in [1.29, 1.82) is 0 Å². The Morgan fingerprint density at radius 1 is 0.860 bits per heavy atom. The molecule has 5 rings (SSSR count). The fourth-order valence-electron chi connectivity index (χ4n) is 12.9. The maximum absolute atomic E-state index is 13.0. The van der Waals surface area contributed by atoms with Crippen molar-refractivity contribution >= 4 is 11.9 Å². The highest BCUT2D eigenvalue weighted by atomic mass is 16.6. The summed E-state index contributed by atoms with van der Waals surface area (Å²) in [7, 11) is 0. The number of esters is 1. The quantitative estimate of drug-likeness (QED) is 0.157. The fraction of sp³-hybridized carbons (Fsp3) is 0.895. The molecule has 0 bridgehead atoms. The van der Waals surface area contributed by atoms with E-state index in [1.54, 1.807) is 0 Å². The molecule has 0 heterocycles. The number of aliphatic hydroxyl groups excluding tert-OH is 1. The predicted octanol–water partition coefficient (Wildman–Crippen LogP) is 8.97. The molecule has 0 aromatic heterocycles. The van der Waals surface area contributed by atoms with E-state index in [9.17, 15) is 19.8 Å². The Balaban J connectivity index is 1.39. The van der Waals surface area contributed by atoms with Crippen LogP contribution in [0, 0.1) is 56.7 Å². The molecular weight excluding hydrogens is 536 g/mol. The van der Waals surface area contributed by atoms with Crippen molar-refractivity contribution in [2.75, 3.05) is 0 Å². The lowest BCUT2D eigenvalue weighted by Crippen LogP contribution is -2.69. The summed E-state index contributed by atoms with van der Waals surface area (Å²) < 4.78 is 6.15. The molecular formula is C38H62O5. The smallest absolute Gasteiger partial charge is 0.309 e. The van der Waals surface area contributed by atoms with E-state index in [0.717, 1.165) is 70.6 Å². The monoisotopic (exact) mass is 598 g/mol. The zero-order valence-corrected chi connectivity index (χ0v) is 28.5. The van der Waals surface area contributed by atoms with Crippen LogP contribution in [-0.2, 0) is 14.3 Å². The molecule has 0 radical (unpaired) electrons. The number of carbonyl (C=O) groups is 2. The number of carboxylic acid groups (broad SMARTS) is 1. The highest BCUT2D eigenvalue weighted by molar-refractivity contribution is 5.76. The number of allylic oxidation sites excluding steroid dienone is 1. The van der Waals surface area contributed by atoms with Gasteiger partial charge in [-0.2, -0.15) is 0 Å². The van der Waals surface area contributed by atoms with Crippen LogP contribution in [0.3, 0.4) is 0 Å². The van der Waals surface area contributed by atoms with Crippen LogP contribution in [0.5, 0.6) is 0 Å². The van der Waals surface area contributed by atoms with Gasteiger partial charge >= 0.3 is 11.9 Å². The number of aliphatic carboxylic acids is 1. The zero-order valence-electron chi connectivity index (χ0n) is 28.5. The minimum absolute atomic E-state index is 0.0573. The number of hydrogen-bond acceptors (Lipinski definition) is 4. The van der Waals surface area contributed by atoms with Gasteiger partial charge in [-0.25, -0.2) is 0 Å². The molecule has 5 aliphatic rings. The Bertz CT molecular complexity index is 1100. The molecule has 5 aliphatic carbocycles. The Kier molecular flexibility index (Phi) is 8.80. The second-order valence-corrected chi connectivity index (χ2v) is 17.3. The molecule has 0 saturated heterocycles. The Morgan fingerprint density at radius 3 is 2.21 bits per heavy atom. The van der Waals surface area contributed by atoms with E-state index in [1.807, 2.05) is 0 Å². The molecule has 0 unspecified atom stereocenters. The minimum Gasteiger partial charge on any atom is -0.481 e. The number of ether oxygens (including phenoxy) is 1. The minimum atomic E-state index is -0.665. The summed E-state index contributed by atoms with van der Waals surface area (Å²) in [5.74, 6) is 0.930. The van der Waals surface area contributed by atoms with Crippen LogP contribution in [-0.4, -0.2) is 34.4 Å². The summed E-state index contributed by atoms with van der Waals surface area (Å²) in [6.07, 6.45) is 13.3. The molecule has 0 spiro atoms. The van der Waals surface area contributed by atoms with Gasteiger partial charge in [-0.3, -0.25) is 9.59 Å². The lowest BCUT2D eigenvalue weighted by Gasteiger charge is -2.73. The van der Waals surface area contributed by atoms with Crippen LogP contribution in [0.4, 0.5) is 0 Å². The SMILES string of the molecule is C=C(C)[C@@H]1CC[C@]2(C(=O)O)CC[C@]3(C)[C@H](CC[C@@H]4[C@@]5(C)C[C@H](O)[C@H](OC(=O)CCCCCCC)C(C)(C)[C@@H]5CC[C@]43C)[C@@H]12. The van der Waals surface area contributed by atoms with Crippen molar-refractivity contribution in [3.63, 3.8) is 0 Å². The molecule has 5 saturated carbocycles. The standard InChI is InChI=1S/C38H62O5/c1-9-10-11-12-13-14-30(40)43-32-27(39)23-35(6)28(34(32,4)5)18-19-37(8)29(35)16-15-26-31-25(24(2)3)17-20-38(31,33(41)42)22-21-36(26,37)7/h25-29,31-32,39H,2,9-23H2,1,3-8H3,(H,41,42)/t25-,26+,27-,28-,29+,31+,32-,35-,36+,37+,38-/m0/s1. The molecule has 5 heteroatoms. The number of fused-ring (bicyclic) bond motifs is 7. The summed E-state index contributed by atoms with van der Waals surface area (Å²) >= 11 is 0. The van der Waals surface area contributed by atoms with Crippen LogP contribution < -0.4 is 0 Å². The molecule has 0 aromatic carbocycles. The number of hydrogen-bond donors (Lipinski definition) is 2. The van der Waals surface area contributed by atoms with Gasteiger partial charge in [0.15, 0.2) is 0 Å². The molecule has 2 N–H and O–H groups in total. The predicted molar refractivity (Wildman–Crippen MR) is 171 cm³/mol. The largest absolute Gasteiger partial charge is 0.481 e. The van der Waals surface area contributed by atoms with Crippen molar-refractivity contribution in [2.45, 2.75) is 157 Å². The fourth-order valence-corrected chi connectivity index (χ4v) is 12.9. The molecule has 0 aliphatic heterocycles. The maximum Gasteiger partial charge on any atom is 0.309 e. The number of unbranched alkanes of at least 4 members (excludes halogenated alkanes) is 4. The summed E-state index contributed by atoms with van der Waals surface area (Å²) in [6, 6.07) is 0. The van der Waals surface area contributed by atoms with Crippen molar-refractivity contribution in [1.82, 2.24) is 0 Å². The van der Waals surface area contributed by atoms with Gasteiger partial charge < -0.3 is 14.9 Å². The lowest BCUT2D eigenvalue weighted by atomic mass is 9.32. The third kappa shape index (κ3) is 4.87. The number of aliphatic hydroxyl groups is 1. The van der Waals surface area contributed by atoms with Crippen LogP contribution in [0.15, 0.2) is 12.2 Å². The first kappa shape index (κ1) is 33.0. The van der Waals surface area contributed by atoms with E-state index in [4.69, 9.17) is 4.74 Å². The summed E-state index contributed by atoms with van der Waals surface area (Å²) in [4.78, 5) is 25.9. The van der Waals surface area contributed by atoms with Gasteiger partial charge in [0.1, 0.15) is 6.10 Å². The molecule has 0 aromatic rings. The van der Waals surface area contributed by atoms with Crippen LogP contribution in [0.1, 0.15) is 145 Å². The normalized spacial score (nSPS) is 46.6. The van der Waals surface area contributed by atoms with E-state index in [1.165, 1.54) is 18.4 Å². The zero-order chi connectivity index (χ0) is 31.6. The van der Waals surface area contributed by atoms with Gasteiger partial charge in [0.2, 0.25) is 0 Å². The van der Waals surface area contributed by atoms with Crippen LogP contribution in [0.2, 0.25) is 0 Å². The van der Waals surface area contributed by atoms with Crippen molar-refractivity contribution in [3.05, 3.63) is 12.2 Å². The Labute approximate surface area is 262 Å². The molecule has 43 heavy (non-hydrogen) atoms. The van der Waals surface area contributed by atoms with Crippen molar-refractivity contribution in [2.24, 2.45) is 56.7 Å². The topological polar surface area (TPSA) is 83.8 Å². The summed E-state index contributed by atoms with van der Waals surface area (Å²) in [5.41, 5.74) is 0.323. The van der Waals surface area contributed by atoms with E-state index in [0.29, 0.717) is 36.5 Å². The Morgan fingerprint density at radius 2 is 1.56 bits per heavy atom. The molecule has 5 nitrogen and oxygen atoms in total. The van der Waals surface area contributed by atoms with Gasteiger partial charge in [-0.1, -0.05) is 79.4 Å². The first-order chi connectivity index (χ1) is 20.1. The third-order valence-corrected chi connectivity index (χ3v) is 15.1. The van der Waals surface area contributed by atoms with Gasteiger partial charge in [-0.05, 0) is 117 Å². The van der Waals surface area contributed by atoms with Gasteiger partial charge in [0, 0.05) is 11.8 Å². The van der Waals surface area contributed by atoms with Gasteiger partial charge in [0.05, 0.1) is 11.5 Å². The van der Waals surface area contributed by atoms with Gasteiger partial charge in [0.25, 0.3) is 0 Å². The van der Waals surface area contributed by atoms with Crippen LogP contribution >= 0.6 is 0 Å². The first-order valence-electron chi connectivity index (χ1n) is 17.9. The second-order valence-electron chi connectivity index (χ2n) is 17.3. The van der Waals surface area contributed by atoms with E-state index in [-0.39, 0.29) is 33.5 Å². The average Bonchev–Trinajstić information content (AvgIpc) is 3.33. The molecule has 0 amide bonds. The van der Waals surface area contributed by atoms with E-state index < -0.39 is 23.6 Å². The maximum atomic E-state index is 13.0. The van der Waals surface area contributed by atoms with Crippen molar-refractivity contribution in [3.8, 4) is 0 Å². The highest BCUT2D eigenvalue weighted by Gasteiger charge is 2.72. The lowest BCUT2D eigenvalue weighted by molar-refractivity contribution is -0.266. The van der Waals surface area contributed by atoms with Crippen molar-refractivity contribution < 1.29 is 24.5 Å². The highest BCUT2D eigenvalue weighted by Crippen LogP contribution is 2.77. The average molecular weight is 599 g/mol. The molecule has 244 valence electrons. The molecule has 5 fully saturated rings. The summed E-state index contributed by atoms with van der Waals surface area (Å²) in [5, 5.41) is 22.4. The molecule has 11 atom stereocenters. The number of carbonyl (C=O) groups excluding carboxylic acids is 1. The number of carboxylic acids is 1. The third-order valence-electron chi connectivity index (χ3n) is 15.1. The van der Waals surface area contributed by atoms with Crippen LogP contribution in [0.25, 0.3) is 0 Å². The number of rotatable bonds is 9. The second kappa shape index (κ2) is 11.5. The first-order valence-corrected chi connectivity index (χ1v) is 17.9. The van der Waals surface area contributed by atoms with Gasteiger partial charge in [-0.15, -0.1) is 0 Å². The van der Waals surface area contributed by atoms with E-state index in [2.05, 4.69) is 55.0 Å². The van der Waals surface area contributed by atoms with E-state index >= 15 is 0 Å². The summed E-state index contributed by atoms with van der Waals surface area (Å²) in [6.45, 7) is 20.7. The Hall–Kier alpha value is -1.36.